The Morgan fingerprint density at radius 1 is 0.294 bits per heavy atom. The highest BCUT2D eigenvalue weighted by atomic mass is 15.1. The van der Waals surface area contributed by atoms with Crippen molar-refractivity contribution in [3.8, 4) is 61.3 Å². The first-order chi connectivity index (χ1) is 33.2. The van der Waals surface area contributed by atoms with Crippen LogP contribution in [0.1, 0.15) is 49.9 Å². The van der Waals surface area contributed by atoms with Crippen molar-refractivity contribution in [2.24, 2.45) is 0 Å². The SMILES string of the molecule is CC1(C)c2ccccc2-c2ccc(N(c3ccc(-c4ccc(-c5ccccc5-n5c6ccccc6c6ccc(-c7ccccc7)cc65)cc4)cc3)c3ccc4c(c3)C(C)(C)c3ccccc3-4)cc21. The van der Waals surface area contributed by atoms with Crippen LogP contribution in [-0.4, -0.2) is 4.57 Å². The minimum atomic E-state index is -0.110. The summed E-state index contributed by atoms with van der Waals surface area (Å²) in [5.41, 5.74) is 24.8. The molecule has 0 unspecified atom stereocenters. The van der Waals surface area contributed by atoms with Crippen molar-refractivity contribution in [1.29, 1.82) is 0 Å². The number of nitrogens with zero attached hydrogens (tertiary/aromatic N) is 2. The van der Waals surface area contributed by atoms with Gasteiger partial charge in [0.25, 0.3) is 0 Å². The fraction of sp³-hybridized carbons (Fsp3) is 0.0909. The topological polar surface area (TPSA) is 8.17 Å². The van der Waals surface area contributed by atoms with Crippen LogP contribution in [0.25, 0.3) is 83.1 Å². The lowest BCUT2D eigenvalue weighted by molar-refractivity contribution is 0.660. The molecule has 324 valence electrons. The molecule has 2 nitrogen and oxygen atoms in total. The van der Waals surface area contributed by atoms with E-state index < -0.39 is 0 Å². The molecule has 13 rings (SSSR count). The van der Waals surface area contributed by atoms with E-state index >= 15 is 0 Å². The third-order valence-electron chi connectivity index (χ3n) is 15.2. The molecule has 0 saturated heterocycles. The van der Waals surface area contributed by atoms with Gasteiger partial charge in [-0.05, 0) is 127 Å². The van der Waals surface area contributed by atoms with Gasteiger partial charge in [-0.1, -0.05) is 204 Å². The van der Waals surface area contributed by atoms with Crippen molar-refractivity contribution in [1.82, 2.24) is 4.57 Å². The maximum absolute atomic E-state index is 2.46. The van der Waals surface area contributed by atoms with Crippen LogP contribution < -0.4 is 4.90 Å². The summed E-state index contributed by atoms with van der Waals surface area (Å²) >= 11 is 0. The molecule has 1 heterocycles. The fourth-order valence-electron chi connectivity index (χ4n) is 11.7. The second-order valence-corrected chi connectivity index (χ2v) is 19.7. The quantitative estimate of drug-likeness (QED) is 0.155. The summed E-state index contributed by atoms with van der Waals surface area (Å²) in [6.07, 6.45) is 0. The normalized spacial score (nSPS) is 13.8. The van der Waals surface area contributed by atoms with Gasteiger partial charge in [-0.2, -0.15) is 0 Å². The van der Waals surface area contributed by atoms with Crippen LogP contribution >= 0.6 is 0 Å². The van der Waals surface area contributed by atoms with E-state index in [0.29, 0.717) is 0 Å². The van der Waals surface area contributed by atoms with Crippen LogP contribution in [-0.2, 0) is 10.8 Å². The highest BCUT2D eigenvalue weighted by Crippen LogP contribution is 2.53. The molecule has 0 amide bonds. The zero-order valence-corrected chi connectivity index (χ0v) is 38.8. The summed E-state index contributed by atoms with van der Waals surface area (Å²) in [7, 11) is 0. The van der Waals surface area contributed by atoms with E-state index in [1.807, 2.05) is 0 Å². The van der Waals surface area contributed by atoms with Gasteiger partial charge in [-0.3, -0.25) is 0 Å². The average Bonchev–Trinajstić information content (AvgIpc) is 3.93. The first kappa shape index (κ1) is 40.1. The minimum Gasteiger partial charge on any atom is -0.310 e. The maximum atomic E-state index is 2.46. The monoisotopic (exact) mass is 870 g/mol. The molecule has 11 aromatic rings. The molecule has 0 atom stereocenters. The van der Waals surface area contributed by atoms with E-state index in [1.54, 1.807) is 0 Å². The lowest BCUT2D eigenvalue weighted by Gasteiger charge is -2.30. The van der Waals surface area contributed by atoms with Crippen molar-refractivity contribution in [3.63, 3.8) is 0 Å². The summed E-state index contributed by atoms with van der Waals surface area (Å²) < 4.78 is 2.45. The molecule has 0 bridgehead atoms. The molecule has 0 fully saturated rings. The highest BCUT2D eigenvalue weighted by molar-refractivity contribution is 6.10. The average molecular weight is 871 g/mol. The van der Waals surface area contributed by atoms with Gasteiger partial charge in [0, 0.05) is 44.2 Å². The van der Waals surface area contributed by atoms with Crippen LogP contribution in [0.3, 0.4) is 0 Å². The summed E-state index contributed by atoms with van der Waals surface area (Å²) in [6, 6.07) is 85.5. The van der Waals surface area contributed by atoms with Gasteiger partial charge in [0.1, 0.15) is 0 Å². The summed E-state index contributed by atoms with van der Waals surface area (Å²) in [5, 5.41) is 2.51. The third kappa shape index (κ3) is 6.10. The Labute approximate surface area is 399 Å². The first-order valence-corrected chi connectivity index (χ1v) is 23.9. The van der Waals surface area contributed by atoms with E-state index in [2.05, 4.69) is 268 Å². The summed E-state index contributed by atoms with van der Waals surface area (Å²) in [5.74, 6) is 0. The van der Waals surface area contributed by atoms with Gasteiger partial charge >= 0.3 is 0 Å². The molecular formula is C66H50N2. The molecule has 2 aliphatic carbocycles. The van der Waals surface area contributed by atoms with E-state index in [0.717, 1.165) is 17.1 Å². The van der Waals surface area contributed by atoms with Gasteiger partial charge in [0.2, 0.25) is 0 Å². The van der Waals surface area contributed by atoms with Crippen molar-refractivity contribution in [2.75, 3.05) is 4.90 Å². The Hall–Kier alpha value is -8.20. The van der Waals surface area contributed by atoms with Gasteiger partial charge in [0.15, 0.2) is 0 Å². The molecule has 2 heteroatoms. The standard InChI is InChI=1S/C66H50N2/c1-65(2)58-22-12-8-19-52(58)54-38-35-49(41-60(54)65)67(50-36-39-55-53-20-9-13-23-59(53)66(3,4)61(55)42-50)48-33-30-45(31-34-48)44-26-28-46(29-27-44)51-18-10-14-24-62(51)68-63-25-15-11-21-56(63)57-37-32-47(40-64(57)68)43-16-6-5-7-17-43/h5-42H,1-4H3. The van der Waals surface area contributed by atoms with Crippen LogP contribution in [0, 0.1) is 0 Å². The number of hydrogen-bond acceptors (Lipinski definition) is 1. The molecule has 0 spiro atoms. The number of rotatable bonds is 7. The number of aromatic nitrogens is 1. The van der Waals surface area contributed by atoms with E-state index in [1.165, 1.54) is 105 Å². The molecule has 1 aromatic heterocycles. The number of hydrogen-bond donors (Lipinski definition) is 0. The Balaban J connectivity index is 0.877. The van der Waals surface area contributed by atoms with Crippen molar-refractivity contribution < 1.29 is 0 Å². The first-order valence-electron chi connectivity index (χ1n) is 23.9. The number of para-hydroxylation sites is 2. The van der Waals surface area contributed by atoms with Crippen LogP contribution in [0.5, 0.6) is 0 Å². The van der Waals surface area contributed by atoms with Crippen molar-refractivity contribution in [2.45, 2.75) is 38.5 Å². The van der Waals surface area contributed by atoms with Gasteiger partial charge in [-0.25, -0.2) is 0 Å². The molecule has 10 aromatic carbocycles. The van der Waals surface area contributed by atoms with Crippen LogP contribution in [0.15, 0.2) is 231 Å². The molecule has 0 radical (unpaired) electrons. The fourth-order valence-corrected chi connectivity index (χ4v) is 11.7. The molecule has 0 N–H and O–H groups in total. The van der Waals surface area contributed by atoms with E-state index in [-0.39, 0.29) is 10.8 Å². The summed E-state index contributed by atoms with van der Waals surface area (Å²) in [6.45, 7) is 9.47. The van der Waals surface area contributed by atoms with Gasteiger partial charge < -0.3 is 9.47 Å². The van der Waals surface area contributed by atoms with Gasteiger partial charge in [-0.15, -0.1) is 0 Å². The zero-order valence-electron chi connectivity index (χ0n) is 38.8. The van der Waals surface area contributed by atoms with Crippen LogP contribution in [0.4, 0.5) is 17.1 Å². The predicted octanol–water partition coefficient (Wildman–Crippen LogP) is 17.9. The Morgan fingerprint density at radius 2 is 0.735 bits per heavy atom. The lowest BCUT2D eigenvalue weighted by Crippen LogP contribution is -2.18. The third-order valence-corrected chi connectivity index (χ3v) is 15.2. The molecular weight excluding hydrogens is 821 g/mol. The second-order valence-electron chi connectivity index (χ2n) is 19.7. The zero-order chi connectivity index (χ0) is 45.7. The maximum Gasteiger partial charge on any atom is 0.0547 e. The molecule has 0 aliphatic heterocycles. The molecule has 2 aliphatic rings. The Morgan fingerprint density at radius 3 is 1.37 bits per heavy atom. The number of fused-ring (bicyclic) bond motifs is 9. The number of benzene rings is 10. The Kier molecular flexibility index (Phi) is 8.95. The largest absolute Gasteiger partial charge is 0.310 e. The number of anilines is 3. The van der Waals surface area contributed by atoms with Crippen molar-refractivity contribution >= 4 is 38.9 Å². The second kappa shape index (κ2) is 15.2. The van der Waals surface area contributed by atoms with E-state index in [4.69, 9.17) is 0 Å². The predicted molar refractivity (Wildman–Crippen MR) is 287 cm³/mol. The van der Waals surface area contributed by atoms with E-state index in [9.17, 15) is 0 Å². The minimum absolute atomic E-state index is 0.110. The molecule has 68 heavy (non-hydrogen) atoms. The molecule has 0 saturated carbocycles. The van der Waals surface area contributed by atoms with Gasteiger partial charge in [0.05, 0.1) is 16.7 Å². The van der Waals surface area contributed by atoms with Crippen molar-refractivity contribution in [3.05, 3.63) is 253 Å². The Bertz CT molecular complexity index is 3670. The highest BCUT2D eigenvalue weighted by Gasteiger charge is 2.37. The lowest BCUT2D eigenvalue weighted by atomic mass is 9.82. The smallest absolute Gasteiger partial charge is 0.0547 e. The van der Waals surface area contributed by atoms with Crippen LogP contribution in [0.2, 0.25) is 0 Å². The summed E-state index contributed by atoms with van der Waals surface area (Å²) in [4.78, 5) is 2.46.